The first-order chi connectivity index (χ1) is 8.37. The van der Waals surface area contributed by atoms with Crippen LogP contribution in [0.2, 0.25) is 0 Å². The minimum absolute atomic E-state index is 0.0509. The van der Waals surface area contributed by atoms with E-state index < -0.39 is 20.1 Å². The average molecular weight is 290 g/mol. The summed E-state index contributed by atoms with van der Waals surface area (Å²) in [5, 5.41) is 2.58. The lowest BCUT2D eigenvalue weighted by Crippen LogP contribution is -2.64. The van der Waals surface area contributed by atoms with Crippen molar-refractivity contribution < 1.29 is 18.0 Å². The Morgan fingerprint density at radius 1 is 1.26 bits per heavy atom. The van der Waals surface area contributed by atoms with Crippen molar-refractivity contribution >= 4 is 21.7 Å². The van der Waals surface area contributed by atoms with Crippen LogP contribution >= 0.6 is 0 Å². The van der Waals surface area contributed by atoms with E-state index in [1.807, 2.05) is 0 Å². The topological polar surface area (TPSA) is 83.6 Å². The summed E-state index contributed by atoms with van der Waals surface area (Å²) >= 11 is 0. The number of rotatable bonds is 3. The molecule has 0 aromatic carbocycles. The van der Waals surface area contributed by atoms with Gasteiger partial charge < -0.3 is 10.2 Å². The minimum atomic E-state index is -3.30. The van der Waals surface area contributed by atoms with Crippen molar-refractivity contribution in [2.45, 2.75) is 44.9 Å². The van der Waals surface area contributed by atoms with E-state index in [0.717, 1.165) is 0 Å². The number of carbonyl (C=O) groups excluding carboxylic acids is 2. The predicted octanol–water partition coefficient (Wildman–Crippen LogP) is -0.0633. The Bertz CT molecular complexity index is 488. The third-order valence-electron chi connectivity index (χ3n) is 3.17. The summed E-state index contributed by atoms with van der Waals surface area (Å²) < 4.78 is 23.2. The van der Waals surface area contributed by atoms with Crippen LogP contribution in [0.5, 0.6) is 0 Å². The molecule has 0 bridgehead atoms. The number of amides is 2. The molecule has 7 heteroatoms. The fourth-order valence-corrected chi connectivity index (χ4v) is 2.87. The zero-order valence-electron chi connectivity index (χ0n) is 12.1. The largest absolute Gasteiger partial charge is 0.341 e. The van der Waals surface area contributed by atoms with Gasteiger partial charge in [0.1, 0.15) is 5.54 Å². The second kappa shape index (κ2) is 4.77. The van der Waals surface area contributed by atoms with Crippen LogP contribution in [-0.2, 0) is 19.4 Å². The Hall–Kier alpha value is -1.11. The van der Waals surface area contributed by atoms with Crippen LogP contribution in [0.15, 0.2) is 0 Å². The smallest absolute Gasteiger partial charge is 0.248 e. The van der Waals surface area contributed by atoms with Crippen LogP contribution in [0.1, 0.15) is 34.6 Å². The van der Waals surface area contributed by atoms with Crippen LogP contribution < -0.4 is 5.32 Å². The highest BCUT2D eigenvalue weighted by atomic mass is 32.2. The van der Waals surface area contributed by atoms with Gasteiger partial charge in [-0.3, -0.25) is 9.59 Å². The fraction of sp³-hybridized carbons (Fsp3) is 0.833. The van der Waals surface area contributed by atoms with Gasteiger partial charge in [0.25, 0.3) is 0 Å². The number of piperazine rings is 1. The van der Waals surface area contributed by atoms with Crippen molar-refractivity contribution in [3.8, 4) is 0 Å². The summed E-state index contributed by atoms with van der Waals surface area (Å²) in [5.74, 6) is -0.653. The van der Waals surface area contributed by atoms with Gasteiger partial charge in [-0.2, -0.15) is 0 Å². The highest BCUT2D eigenvalue weighted by molar-refractivity contribution is 7.92. The van der Waals surface area contributed by atoms with E-state index in [9.17, 15) is 18.0 Å². The van der Waals surface area contributed by atoms with Gasteiger partial charge in [0, 0.05) is 6.54 Å². The molecule has 1 aliphatic rings. The Kier molecular flexibility index (Phi) is 4.01. The molecule has 1 heterocycles. The van der Waals surface area contributed by atoms with Crippen LogP contribution in [0, 0.1) is 0 Å². The molecule has 110 valence electrons. The Morgan fingerprint density at radius 3 is 2.26 bits per heavy atom. The summed E-state index contributed by atoms with van der Waals surface area (Å²) in [6, 6.07) is 0. The quantitative estimate of drug-likeness (QED) is 0.789. The molecule has 1 fully saturated rings. The molecule has 0 radical (unpaired) electrons. The van der Waals surface area contributed by atoms with Gasteiger partial charge >= 0.3 is 0 Å². The van der Waals surface area contributed by atoms with Crippen molar-refractivity contribution in [3.05, 3.63) is 0 Å². The van der Waals surface area contributed by atoms with E-state index in [1.165, 1.54) is 4.90 Å². The Morgan fingerprint density at radius 2 is 1.79 bits per heavy atom. The fourth-order valence-electron chi connectivity index (χ4n) is 1.80. The molecule has 2 amide bonds. The Labute approximate surface area is 114 Å². The molecular formula is C12H22N2O4S. The normalized spacial score (nSPS) is 20.4. The van der Waals surface area contributed by atoms with Gasteiger partial charge in [-0.05, 0) is 34.6 Å². The lowest BCUT2D eigenvalue weighted by atomic mass is 10.0. The Balaban J connectivity index is 2.78. The molecule has 0 aromatic rings. The summed E-state index contributed by atoms with van der Waals surface area (Å²) in [5.41, 5.74) is -0.971. The number of hydrogen-bond acceptors (Lipinski definition) is 4. The van der Waals surface area contributed by atoms with E-state index in [4.69, 9.17) is 0 Å². The van der Waals surface area contributed by atoms with Gasteiger partial charge in [0.15, 0.2) is 9.84 Å². The minimum Gasteiger partial charge on any atom is -0.341 e. The van der Waals surface area contributed by atoms with Gasteiger partial charge in [-0.1, -0.05) is 0 Å². The van der Waals surface area contributed by atoms with Gasteiger partial charge in [0.2, 0.25) is 11.8 Å². The molecular weight excluding hydrogens is 268 g/mol. The van der Waals surface area contributed by atoms with E-state index in [-0.39, 0.29) is 30.7 Å². The average Bonchev–Trinajstić information content (AvgIpc) is 2.19. The molecule has 1 rings (SSSR count). The molecule has 0 saturated carbocycles. The lowest BCUT2D eigenvalue weighted by molar-refractivity contribution is -0.148. The van der Waals surface area contributed by atoms with Gasteiger partial charge in [-0.15, -0.1) is 0 Å². The summed E-state index contributed by atoms with van der Waals surface area (Å²) in [6.45, 7) is 8.05. The van der Waals surface area contributed by atoms with Crippen molar-refractivity contribution in [2.24, 2.45) is 0 Å². The first-order valence-electron chi connectivity index (χ1n) is 6.19. The van der Waals surface area contributed by atoms with E-state index in [1.54, 1.807) is 34.6 Å². The molecule has 0 spiro atoms. The first-order valence-corrected chi connectivity index (χ1v) is 7.85. The molecule has 0 aliphatic carbocycles. The van der Waals surface area contributed by atoms with Crippen LogP contribution in [-0.4, -0.2) is 54.3 Å². The molecule has 0 aromatic heterocycles. The molecule has 19 heavy (non-hydrogen) atoms. The SMILES string of the molecule is CC1(C)NC(=O)CN(CCS(=O)(=O)C(C)(C)C)C1=O. The highest BCUT2D eigenvalue weighted by Gasteiger charge is 2.40. The number of sulfone groups is 1. The van der Waals surface area contributed by atoms with Crippen LogP contribution in [0.25, 0.3) is 0 Å². The lowest BCUT2D eigenvalue weighted by Gasteiger charge is -2.37. The highest BCUT2D eigenvalue weighted by Crippen LogP contribution is 2.18. The molecule has 0 atom stereocenters. The predicted molar refractivity (Wildman–Crippen MR) is 72.3 cm³/mol. The van der Waals surface area contributed by atoms with Crippen LogP contribution in [0.3, 0.4) is 0 Å². The second-order valence-corrected chi connectivity index (χ2v) is 9.19. The van der Waals surface area contributed by atoms with Crippen LogP contribution in [0.4, 0.5) is 0 Å². The molecule has 1 saturated heterocycles. The molecule has 1 N–H and O–H groups in total. The maximum atomic E-state index is 12.1. The zero-order valence-corrected chi connectivity index (χ0v) is 12.9. The number of hydrogen-bond donors (Lipinski definition) is 1. The molecule has 0 unspecified atom stereocenters. The van der Waals surface area contributed by atoms with Gasteiger partial charge in [-0.25, -0.2) is 8.42 Å². The van der Waals surface area contributed by atoms with Crippen molar-refractivity contribution in [2.75, 3.05) is 18.8 Å². The van der Waals surface area contributed by atoms with Crippen molar-refractivity contribution in [1.29, 1.82) is 0 Å². The maximum Gasteiger partial charge on any atom is 0.248 e. The summed E-state index contributed by atoms with van der Waals surface area (Å²) in [7, 11) is -3.30. The third kappa shape index (κ3) is 3.46. The van der Waals surface area contributed by atoms with Crippen molar-refractivity contribution in [3.63, 3.8) is 0 Å². The van der Waals surface area contributed by atoms with Gasteiger partial charge in [0.05, 0.1) is 17.0 Å². The number of nitrogens with zero attached hydrogens (tertiary/aromatic N) is 1. The second-order valence-electron chi connectivity index (χ2n) is 6.33. The van der Waals surface area contributed by atoms with E-state index in [0.29, 0.717) is 0 Å². The standard InChI is InChI=1S/C12H22N2O4S/c1-11(2,3)19(17,18)7-6-14-8-9(15)13-12(4,5)10(14)16/h6-8H2,1-5H3,(H,13,15). The maximum absolute atomic E-state index is 12.1. The third-order valence-corrected chi connectivity index (χ3v) is 5.76. The molecule has 6 nitrogen and oxygen atoms in total. The van der Waals surface area contributed by atoms with E-state index in [2.05, 4.69) is 5.32 Å². The van der Waals surface area contributed by atoms with E-state index >= 15 is 0 Å². The number of carbonyl (C=O) groups is 2. The van der Waals surface area contributed by atoms with Crippen molar-refractivity contribution in [1.82, 2.24) is 10.2 Å². The zero-order chi connectivity index (χ0) is 15.1. The monoisotopic (exact) mass is 290 g/mol. The molecule has 1 aliphatic heterocycles. The first kappa shape index (κ1) is 15.9. The summed E-state index contributed by atoms with van der Waals surface area (Å²) in [4.78, 5) is 24.9. The summed E-state index contributed by atoms with van der Waals surface area (Å²) in [6.07, 6.45) is 0. The number of nitrogens with one attached hydrogen (secondary N) is 1.